The summed E-state index contributed by atoms with van der Waals surface area (Å²) in [5.41, 5.74) is 18.5. The molecule has 2 heterocycles. The van der Waals surface area contributed by atoms with Crippen LogP contribution in [0.3, 0.4) is 0 Å². The molecule has 0 spiro atoms. The minimum atomic E-state index is -0.612. The number of alkyl carbamates (subject to hydrolysis) is 1. The van der Waals surface area contributed by atoms with Crippen LogP contribution in [-0.2, 0) is 40.3 Å². The van der Waals surface area contributed by atoms with Crippen molar-refractivity contribution in [3.05, 3.63) is 152 Å². The van der Waals surface area contributed by atoms with E-state index in [0.717, 1.165) is 84.3 Å². The van der Waals surface area contributed by atoms with E-state index in [0.29, 0.717) is 29.9 Å². The highest BCUT2D eigenvalue weighted by atomic mass is 79.9. The monoisotopic (exact) mass is 974 g/mol. The Morgan fingerprint density at radius 3 is 1.75 bits per heavy atom. The Morgan fingerprint density at radius 1 is 0.672 bits per heavy atom. The molecule has 0 atom stereocenters. The Kier molecular flexibility index (Phi) is 16.2. The third-order valence-corrected chi connectivity index (χ3v) is 12.1. The van der Waals surface area contributed by atoms with Crippen LogP contribution in [0.5, 0.6) is 11.5 Å². The van der Waals surface area contributed by atoms with E-state index < -0.39 is 17.5 Å². The number of nitrogens with two attached hydrogens (primary N) is 1. The highest BCUT2D eigenvalue weighted by Gasteiger charge is 2.21. The number of aryl methyl sites for hydroxylation is 3. The fourth-order valence-corrected chi connectivity index (χ4v) is 8.31. The SMILES string of the molecule is COc1cc(-c2cccc(-c3ccc4c(c3)NC(=O)CC4)c2C)cc(F)c1CN.COc1cc(-c2cccc(C)c2C)cc(F)c1CNC(=O)OC(C)(C)C.O=C1CCc2ccc(Br)cc2N1. The largest absolute Gasteiger partial charge is 0.496 e. The lowest BCUT2D eigenvalue weighted by molar-refractivity contribution is -0.117. The zero-order valence-electron chi connectivity index (χ0n) is 39.1. The van der Waals surface area contributed by atoms with Gasteiger partial charge in [0.15, 0.2) is 0 Å². The van der Waals surface area contributed by atoms with Gasteiger partial charge in [-0.1, -0.05) is 70.5 Å². The molecule has 3 amide bonds. The van der Waals surface area contributed by atoms with Gasteiger partial charge in [-0.25, -0.2) is 13.6 Å². The van der Waals surface area contributed by atoms with Crippen molar-refractivity contribution in [1.82, 2.24) is 5.32 Å². The lowest BCUT2D eigenvalue weighted by atomic mass is 9.90. The molecule has 6 aromatic rings. The minimum absolute atomic E-state index is 0.0169. The standard InChI is InChI=1S/C24H23FN2O2.C21H26FNO3.C9H8BrNO/c1-14-18(16-7-6-15-8-9-24(28)27-22(15)11-16)4-3-5-19(14)17-10-21(25)20(13-26)23(12-17)29-2;1-13-8-7-9-16(14(13)2)15-10-18(22)17(19(11-15)25-6)12-23-20(24)26-21(3,4)5;10-7-3-1-6-2-4-9(12)11-8(6)5-7/h3-7,10-12H,8-9,13,26H2,1-2H3,(H,27,28);7-11H,12H2,1-6H3,(H,23,24);1,3,5H,2,4H2,(H,11,12). The molecule has 0 saturated carbocycles. The van der Waals surface area contributed by atoms with E-state index in [-0.39, 0.29) is 36.3 Å². The lowest BCUT2D eigenvalue weighted by Crippen LogP contribution is -2.32. The van der Waals surface area contributed by atoms with Crippen molar-refractivity contribution in [3.8, 4) is 44.9 Å². The summed E-state index contributed by atoms with van der Waals surface area (Å²) in [6.07, 6.45) is 2.14. The second kappa shape index (κ2) is 21.8. The van der Waals surface area contributed by atoms with Crippen molar-refractivity contribution >= 4 is 45.2 Å². The fourth-order valence-electron chi connectivity index (χ4n) is 7.95. The van der Waals surface area contributed by atoms with Gasteiger partial charge in [-0.2, -0.15) is 0 Å². The van der Waals surface area contributed by atoms with Crippen LogP contribution < -0.4 is 31.2 Å². The molecule has 350 valence electrons. The smallest absolute Gasteiger partial charge is 0.407 e. The van der Waals surface area contributed by atoms with Gasteiger partial charge < -0.3 is 35.9 Å². The van der Waals surface area contributed by atoms with Crippen LogP contribution in [0, 0.1) is 32.4 Å². The summed E-state index contributed by atoms with van der Waals surface area (Å²) in [6.45, 7) is 11.4. The van der Waals surface area contributed by atoms with Crippen molar-refractivity contribution in [2.75, 3.05) is 24.9 Å². The average molecular weight is 976 g/mol. The predicted molar refractivity (Wildman–Crippen MR) is 265 cm³/mol. The molecule has 67 heavy (non-hydrogen) atoms. The third-order valence-electron chi connectivity index (χ3n) is 11.6. The first-order valence-corrected chi connectivity index (χ1v) is 22.8. The molecule has 6 aromatic carbocycles. The molecule has 0 aromatic heterocycles. The van der Waals surface area contributed by atoms with E-state index >= 15 is 0 Å². The molecule has 0 aliphatic carbocycles. The Balaban J connectivity index is 0.000000179. The number of nitrogens with one attached hydrogen (secondary N) is 3. The normalized spacial score (nSPS) is 12.7. The fraction of sp³-hybridized carbons (Fsp3) is 0.278. The number of ether oxygens (including phenoxy) is 3. The maximum absolute atomic E-state index is 14.7. The molecule has 0 bridgehead atoms. The lowest BCUT2D eigenvalue weighted by Gasteiger charge is -2.20. The van der Waals surface area contributed by atoms with Crippen LogP contribution in [0.15, 0.2) is 102 Å². The molecule has 2 aliphatic rings. The number of rotatable bonds is 8. The second-order valence-electron chi connectivity index (χ2n) is 17.3. The van der Waals surface area contributed by atoms with E-state index in [4.69, 9.17) is 19.9 Å². The van der Waals surface area contributed by atoms with Gasteiger partial charge in [0.05, 0.1) is 20.8 Å². The van der Waals surface area contributed by atoms with Gasteiger partial charge in [-0.15, -0.1) is 0 Å². The number of hydrogen-bond donors (Lipinski definition) is 4. The molecule has 2 aliphatic heterocycles. The summed E-state index contributed by atoms with van der Waals surface area (Å²) in [5, 5.41) is 8.36. The summed E-state index contributed by atoms with van der Waals surface area (Å²) >= 11 is 3.36. The molecular formula is C54H57BrF2N4O6. The number of halogens is 3. The number of fused-ring (bicyclic) bond motifs is 2. The molecule has 0 fully saturated rings. The first-order valence-electron chi connectivity index (χ1n) is 22.0. The van der Waals surface area contributed by atoms with Gasteiger partial charge in [-0.3, -0.25) is 9.59 Å². The Morgan fingerprint density at radius 2 is 1.18 bits per heavy atom. The quantitative estimate of drug-likeness (QED) is 0.119. The maximum atomic E-state index is 14.7. The maximum Gasteiger partial charge on any atom is 0.407 e. The molecule has 0 radical (unpaired) electrons. The molecule has 0 saturated heterocycles. The van der Waals surface area contributed by atoms with Crippen LogP contribution in [0.1, 0.15) is 72.6 Å². The van der Waals surface area contributed by atoms with Gasteiger partial charge in [-0.05, 0) is 158 Å². The number of anilines is 2. The van der Waals surface area contributed by atoms with Gasteiger partial charge in [0.2, 0.25) is 11.8 Å². The van der Waals surface area contributed by atoms with Crippen LogP contribution in [0.25, 0.3) is 33.4 Å². The topological polar surface area (TPSA) is 141 Å². The van der Waals surface area contributed by atoms with Gasteiger partial charge >= 0.3 is 6.09 Å². The Bertz CT molecular complexity index is 2820. The van der Waals surface area contributed by atoms with Crippen molar-refractivity contribution in [2.24, 2.45) is 5.73 Å². The Labute approximate surface area is 399 Å². The van der Waals surface area contributed by atoms with Crippen LogP contribution in [0.4, 0.5) is 25.0 Å². The van der Waals surface area contributed by atoms with E-state index in [1.54, 1.807) is 26.8 Å². The van der Waals surface area contributed by atoms with Crippen molar-refractivity contribution in [2.45, 2.75) is 85.9 Å². The van der Waals surface area contributed by atoms with Crippen molar-refractivity contribution in [3.63, 3.8) is 0 Å². The van der Waals surface area contributed by atoms with E-state index in [1.165, 1.54) is 31.9 Å². The second-order valence-corrected chi connectivity index (χ2v) is 18.2. The summed E-state index contributed by atoms with van der Waals surface area (Å²) in [6, 6.07) is 30.6. The molecule has 10 nitrogen and oxygen atoms in total. The van der Waals surface area contributed by atoms with Gasteiger partial charge in [0.25, 0.3) is 0 Å². The number of carbonyl (C=O) groups excluding carboxylic acids is 3. The number of benzene rings is 6. The van der Waals surface area contributed by atoms with Gasteiger partial charge in [0.1, 0.15) is 28.7 Å². The average Bonchev–Trinajstić information content (AvgIpc) is 3.28. The van der Waals surface area contributed by atoms with Crippen LogP contribution in [0.2, 0.25) is 0 Å². The third kappa shape index (κ3) is 12.5. The number of methoxy groups -OCH3 is 2. The predicted octanol–water partition coefficient (Wildman–Crippen LogP) is 12.3. The van der Waals surface area contributed by atoms with E-state index in [1.807, 2.05) is 87.5 Å². The molecule has 5 N–H and O–H groups in total. The minimum Gasteiger partial charge on any atom is -0.496 e. The summed E-state index contributed by atoms with van der Waals surface area (Å²) in [7, 11) is 3.00. The first kappa shape index (κ1) is 49.9. The highest BCUT2D eigenvalue weighted by Crippen LogP contribution is 2.38. The zero-order valence-corrected chi connectivity index (χ0v) is 40.7. The summed E-state index contributed by atoms with van der Waals surface area (Å²) in [4.78, 5) is 34.6. The van der Waals surface area contributed by atoms with Crippen LogP contribution in [-0.4, -0.2) is 37.7 Å². The number of carbonyl (C=O) groups is 3. The highest BCUT2D eigenvalue weighted by molar-refractivity contribution is 9.10. The number of hydrogen-bond acceptors (Lipinski definition) is 7. The molecule has 13 heteroatoms. The van der Waals surface area contributed by atoms with Gasteiger partial charge in [0, 0.05) is 46.4 Å². The summed E-state index contributed by atoms with van der Waals surface area (Å²) < 4.78 is 46.2. The first-order chi connectivity index (χ1) is 31.9. The number of amides is 3. The van der Waals surface area contributed by atoms with Crippen molar-refractivity contribution in [1.29, 1.82) is 0 Å². The summed E-state index contributed by atoms with van der Waals surface area (Å²) in [5.74, 6) is 0.184. The van der Waals surface area contributed by atoms with E-state index in [2.05, 4.69) is 44.0 Å². The Hall–Kier alpha value is -6.57. The van der Waals surface area contributed by atoms with Crippen molar-refractivity contribution < 1.29 is 37.4 Å². The molecule has 0 unspecified atom stereocenters. The molecule has 8 rings (SSSR count). The van der Waals surface area contributed by atoms with E-state index in [9.17, 15) is 23.2 Å². The molecular weight excluding hydrogens is 919 g/mol. The van der Waals surface area contributed by atoms with Crippen LogP contribution >= 0.6 is 15.9 Å². The zero-order chi connectivity index (χ0) is 48.6.